The van der Waals surface area contributed by atoms with E-state index >= 15 is 0 Å². The van der Waals surface area contributed by atoms with Gasteiger partial charge >= 0.3 is 0 Å². The molecule has 2 aromatic carbocycles. The number of fused-ring (bicyclic) bond motifs is 4. The number of nitrogens with one attached hydrogen (secondary N) is 3. The van der Waals surface area contributed by atoms with Crippen molar-refractivity contribution in [3.8, 4) is 28.4 Å². The largest absolute Gasteiger partial charge is 0.493 e. The van der Waals surface area contributed by atoms with Crippen molar-refractivity contribution in [1.82, 2.24) is 10.3 Å². The normalized spacial score (nSPS) is 15.3. The number of thiazole rings is 1. The van der Waals surface area contributed by atoms with E-state index in [0.717, 1.165) is 65.2 Å². The van der Waals surface area contributed by atoms with Crippen LogP contribution in [0.5, 0.6) is 17.2 Å². The summed E-state index contributed by atoms with van der Waals surface area (Å²) in [6, 6.07) is 6.90. The van der Waals surface area contributed by atoms with Crippen LogP contribution in [0, 0.1) is 0 Å². The first-order valence-corrected chi connectivity index (χ1v) is 16.9. The van der Waals surface area contributed by atoms with Gasteiger partial charge in [0.1, 0.15) is 0 Å². The number of aromatic nitrogens is 1. The molecule has 0 radical (unpaired) electrons. The van der Waals surface area contributed by atoms with Crippen LogP contribution >= 0.6 is 11.3 Å². The molecule has 0 aliphatic heterocycles. The van der Waals surface area contributed by atoms with E-state index < -0.39 is 0 Å². The van der Waals surface area contributed by atoms with Gasteiger partial charge in [-0.05, 0) is 86.3 Å². The van der Waals surface area contributed by atoms with Gasteiger partial charge in [-0.2, -0.15) is 0 Å². The van der Waals surface area contributed by atoms with Gasteiger partial charge in [-0.25, -0.2) is 4.98 Å². The number of methoxy groups -OCH3 is 3. The van der Waals surface area contributed by atoms with E-state index in [-0.39, 0.29) is 23.3 Å². The van der Waals surface area contributed by atoms with Gasteiger partial charge in [0.25, 0.3) is 0 Å². The molecule has 0 spiro atoms. The zero-order chi connectivity index (χ0) is 32.6. The molecule has 2 aliphatic carbocycles. The second kappa shape index (κ2) is 15.4. The molecular weight excluding hydrogens is 604 g/mol. The Kier molecular flexibility index (Phi) is 11.2. The van der Waals surface area contributed by atoms with Crippen LogP contribution in [0.2, 0.25) is 0 Å². The molecule has 2 amide bonds. The molecule has 1 aromatic heterocycles. The number of rotatable bonds is 12. The maximum atomic E-state index is 13.5. The molecule has 3 N–H and O–H groups in total. The zero-order valence-corrected chi connectivity index (χ0v) is 28.0. The van der Waals surface area contributed by atoms with Crippen molar-refractivity contribution >= 4 is 34.0 Å². The lowest BCUT2D eigenvalue weighted by Crippen LogP contribution is -2.26. The fourth-order valence-corrected chi connectivity index (χ4v) is 7.49. The first-order valence-electron chi connectivity index (χ1n) is 16.1. The van der Waals surface area contributed by atoms with Gasteiger partial charge in [-0.3, -0.25) is 14.4 Å². The van der Waals surface area contributed by atoms with Crippen LogP contribution in [-0.4, -0.2) is 44.7 Å². The standard InChI is InChI=1S/C35H44N4O6S/c1-21(40)37-25-16-14-22-19-29(43-2)33(44-3)34(45-4)32(22)23-15-17-26(28(41)20-24(23)25)36-18-10-6-9-13-31(42)39-35-38-27-11-7-5-8-12-30(27)46-35/h15,17,19-20,25H,5-14,16,18H2,1-4H3,(H,36,41)(H,37,40)(H,38,39,42). The molecule has 46 heavy (non-hydrogen) atoms. The minimum absolute atomic E-state index is 0.00557. The highest BCUT2D eigenvalue weighted by atomic mass is 32.1. The molecule has 0 saturated carbocycles. The van der Waals surface area contributed by atoms with Crippen molar-refractivity contribution in [2.24, 2.45) is 0 Å². The highest BCUT2D eigenvalue weighted by molar-refractivity contribution is 7.15. The SMILES string of the molecule is COc1cc2c(c(OC)c1OC)-c1ccc(NCCCCCC(=O)Nc3nc4c(s3)CCCCC4)c(=O)cc1C(NC(C)=O)CC2. The molecule has 2 aliphatic rings. The number of unbranched alkanes of at least 4 members (excludes halogenated alkanes) is 2. The smallest absolute Gasteiger partial charge is 0.226 e. The molecule has 3 aromatic rings. The Bertz CT molecular complexity index is 1610. The number of carbonyl (C=O) groups is 2. The highest BCUT2D eigenvalue weighted by Crippen LogP contribution is 2.50. The molecule has 1 unspecified atom stereocenters. The van der Waals surface area contributed by atoms with E-state index in [1.165, 1.54) is 31.1 Å². The molecule has 0 saturated heterocycles. The van der Waals surface area contributed by atoms with Crippen LogP contribution in [0.4, 0.5) is 10.8 Å². The quantitative estimate of drug-likeness (QED) is 0.157. The van der Waals surface area contributed by atoms with E-state index in [9.17, 15) is 14.4 Å². The molecular formula is C35H44N4O6S. The summed E-state index contributed by atoms with van der Waals surface area (Å²) in [6.07, 6.45) is 9.74. The lowest BCUT2D eigenvalue weighted by Gasteiger charge is -2.19. The Hall–Kier alpha value is -4.12. The van der Waals surface area contributed by atoms with E-state index in [4.69, 9.17) is 14.2 Å². The minimum Gasteiger partial charge on any atom is -0.493 e. The van der Waals surface area contributed by atoms with Crippen molar-refractivity contribution in [2.45, 2.75) is 83.6 Å². The summed E-state index contributed by atoms with van der Waals surface area (Å²) in [5, 5.41) is 10.0. The number of amides is 2. The second-order valence-electron chi connectivity index (χ2n) is 11.8. The average Bonchev–Trinajstić information content (AvgIpc) is 3.14. The summed E-state index contributed by atoms with van der Waals surface area (Å²) in [7, 11) is 4.73. The summed E-state index contributed by atoms with van der Waals surface area (Å²) in [6.45, 7) is 2.07. The van der Waals surface area contributed by atoms with Gasteiger partial charge in [-0.15, -0.1) is 11.3 Å². The van der Waals surface area contributed by atoms with Gasteiger partial charge in [0.2, 0.25) is 23.0 Å². The third-order valence-corrected chi connectivity index (χ3v) is 9.73. The van der Waals surface area contributed by atoms with Crippen molar-refractivity contribution < 1.29 is 23.8 Å². The van der Waals surface area contributed by atoms with Crippen molar-refractivity contribution in [3.05, 3.63) is 56.2 Å². The number of hydrogen-bond donors (Lipinski definition) is 3. The van der Waals surface area contributed by atoms with E-state index in [1.807, 2.05) is 12.1 Å². The van der Waals surface area contributed by atoms with Crippen LogP contribution in [0.15, 0.2) is 29.1 Å². The summed E-state index contributed by atoms with van der Waals surface area (Å²) in [4.78, 5) is 44.2. The number of hydrogen-bond acceptors (Lipinski definition) is 9. The number of anilines is 2. The number of aryl methyl sites for hydroxylation is 3. The molecule has 5 rings (SSSR count). The number of carbonyl (C=O) groups excluding carboxylic acids is 2. The Morgan fingerprint density at radius 3 is 2.52 bits per heavy atom. The van der Waals surface area contributed by atoms with Gasteiger partial charge in [0.15, 0.2) is 16.6 Å². The predicted molar refractivity (Wildman–Crippen MR) is 182 cm³/mol. The Morgan fingerprint density at radius 2 is 1.76 bits per heavy atom. The molecule has 246 valence electrons. The van der Waals surface area contributed by atoms with Crippen LogP contribution in [0.1, 0.15) is 86.0 Å². The molecule has 10 nitrogen and oxygen atoms in total. The fourth-order valence-electron chi connectivity index (χ4n) is 6.43. The first-order chi connectivity index (χ1) is 22.3. The predicted octanol–water partition coefficient (Wildman–Crippen LogP) is 6.20. The van der Waals surface area contributed by atoms with E-state index in [2.05, 4.69) is 20.9 Å². The molecule has 1 atom stereocenters. The second-order valence-corrected chi connectivity index (χ2v) is 12.9. The van der Waals surface area contributed by atoms with Crippen LogP contribution in [0.3, 0.4) is 0 Å². The lowest BCUT2D eigenvalue weighted by molar-refractivity contribution is -0.119. The fraction of sp³-hybridized carbons (Fsp3) is 0.486. The maximum Gasteiger partial charge on any atom is 0.226 e. The maximum absolute atomic E-state index is 13.5. The van der Waals surface area contributed by atoms with Gasteiger partial charge in [0, 0.05) is 30.3 Å². The van der Waals surface area contributed by atoms with Crippen molar-refractivity contribution in [1.29, 1.82) is 0 Å². The molecule has 0 fully saturated rings. The summed E-state index contributed by atoms with van der Waals surface area (Å²) >= 11 is 1.62. The minimum atomic E-state index is -0.361. The third kappa shape index (κ3) is 7.63. The number of nitrogens with zero attached hydrogens (tertiary/aromatic N) is 1. The van der Waals surface area contributed by atoms with E-state index in [1.54, 1.807) is 44.8 Å². The van der Waals surface area contributed by atoms with Crippen molar-refractivity contribution in [3.63, 3.8) is 0 Å². The van der Waals surface area contributed by atoms with Gasteiger partial charge < -0.3 is 30.2 Å². The molecule has 1 heterocycles. The van der Waals surface area contributed by atoms with Crippen LogP contribution in [0.25, 0.3) is 11.1 Å². The van der Waals surface area contributed by atoms with Crippen LogP contribution < -0.4 is 35.6 Å². The summed E-state index contributed by atoms with van der Waals surface area (Å²) in [5.41, 5.74) is 4.76. The van der Waals surface area contributed by atoms with Crippen molar-refractivity contribution in [2.75, 3.05) is 38.5 Å². The van der Waals surface area contributed by atoms with Crippen LogP contribution in [-0.2, 0) is 28.9 Å². The van der Waals surface area contributed by atoms with Gasteiger partial charge in [0.05, 0.1) is 38.8 Å². The highest BCUT2D eigenvalue weighted by Gasteiger charge is 2.29. The molecule has 0 bridgehead atoms. The number of benzene rings is 1. The topological polar surface area (TPSA) is 128 Å². The zero-order valence-electron chi connectivity index (χ0n) is 27.2. The monoisotopic (exact) mass is 648 g/mol. The number of ether oxygens (including phenoxy) is 3. The lowest BCUT2D eigenvalue weighted by atomic mass is 9.95. The Morgan fingerprint density at radius 1 is 0.957 bits per heavy atom. The third-order valence-electron chi connectivity index (χ3n) is 8.65. The Balaban J connectivity index is 1.26. The average molecular weight is 649 g/mol. The van der Waals surface area contributed by atoms with E-state index in [0.29, 0.717) is 48.7 Å². The first kappa shape index (κ1) is 33.2. The summed E-state index contributed by atoms with van der Waals surface area (Å²) in [5.74, 6) is 1.36. The Labute approximate surface area is 274 Å². The summed E-state index contributed by atoms with van der Waals surface area (Å²) < 4.78 is 17.1. The van der Waals surface area contributed by atoms with Gasteiger partial charge in [-0.1, -0.05) is 18.9 Å². The molecule has 11 heteroatoms.